The van der Waals surface area contributed by atoms with Crippen LogP contribution in [0.4, 0.5) is 0 Å². The van der Waals surface area contributed by atoms with Crippen molar-refractivity contribution in [1.82, 2.24) is 5.32 Å². The minimum absolute atomic E-state index is 0.0284. The molecule has 3 rings (SSSR count). The predicted octanol–water partition coefficient (Wildman–Crippen LogP) is 2.74. The Bertz CT molecular complexity index is 828. The normalized spacial score (nSPS) is 23.3. The molecule has 4 atom stereocenters. The first-order valence-electron chi connectivity index (χ1n) is 10.4. The molecule has 1 saturated heterocycles. The summed E-state index contributed by atoms with van der Waals surface area (Å²) in [6.45, 7) is 2.01. The lowest BCUT2D eigenvalue weighted by Crippen LogP contribution is -2.58. The Morgan fingerprint density at radius 2 is 1.74 bits per heavy atom. The number of methoxy groups -OCH3 is 1. The fourth-order valence-corrected chi connectivity index (χ4v) is 3.54. The fraction of sp³-hybridized carbons (Fsp3) is 0.417. The lowest BCUT2D eigenvalue weighted by atomic mass is 9.99. The van der Waals surface area contributed by atoms with Crippen molar-refractivity contribution in [3.63, 3.8) is 0 Å². The second kappa shape index (κ2) is 11.7. The molecule has 2 aromatic rings. The molecule has 1 aliphatic rings. The summed E-state index contributed by atoms with van der Waals surface area (Å²) in [5, 5.41) is 3.26. The standard InChI is InChI=1S/C24H29NO6/c1-17(26)29-16-20-13-22(30-15-18-9-5-3-6-10-18)23(24(28-2)31-20)25-14-21(27)19-11-7-4-8-12-19/h3-12,20,22-25H,13-16H2,1-2H3/t20?,22?,23?,24-/m0/s1. The molecular formula is C24H29NO6. The molecule has 31 heavy (non-hydrogen) atoms. The van der Waals surface area contributed by atoms with Gasteiger partial charge >= 0.3 is 5.97 Å². The predicted molar refractivity (Wildman–Crippen MR) is 115 cm³/mol. The number of carbonyl (C=O) groups excluding carboxylic acids is 2. The van der Waals surface area contributed by atoms with Crippen molar-refractivity contribution in [3.05, 3.63) is 71.8 Å². The summed E-state index contributed by atoms with van der Waals surface area (Å²) in [4.78, 5) is 23.8. The third kappa shape index (κ3) is 6.97. The molecule has 0 saturated carbocycles. The van der Waals surface area contributed by atoms with Gasteiger partial charge in [-0.3, -0.25) is 9.59 Å². The van der Waals surface area contributed by atoms with Crippen LogP contribution in [0.1, 0.15) is 29.3 Å². The van der Waals surface area contributed by atoms with Gasteiger partial charge in [-0.1, -0.05) is 60.7 Å². The highest BCUT2D eigenvalue weighted by atomic mass is 16.7. The summed E-state index contributed by atoms with van der Waals surface area (Å²) in [7, 11) is 1.54. The van der Waals surface area contributed by atoms with E-state index in [2.05, 4.69) is 5.32 Å². The molecule has 1 N–H and O–H groups in total. The molecule has 1 fully saturated rings. The zero-order valence-corrected chi connectivity index (χ0v) is 17.9. The maximum absolute atomic E-state index is 12.6. The molecule has 2 aromatic carbocycles. The average molecular weight is 427 g/mol. The lowest BCUT2D eigenvalue weighted by Gasteiger charge is -2.41. The van der Waals surface area contributed by atoms with Crippen LogP contribution in [0.3, 0.4) is 0 Å². The van der Waals surface area contributed by atoms with Crippen LogP contribution in [0.2, 0.25) is 0 Å². The van der Waals surface area contributed by atoms with Gasteiger partial charge < -0.3 is 24.3 Å². The van der Waals surface area contributed by atoms with Crippen molar-refractivity contribution in [1.29, 1.82) is 0 Å². The number of ether oxygens (including phenoxy) is 4. The van der Waals surface area contributed by atoms with Gasteiger partial charge in [0.25, 0.3) is 0 Å². The van der Waals surface area contributed by atoms with Crippen molar-refractivity contribution in [3.8, 4) is 0 Å². The van der Waals surface area contributed by atoms with Gasteiger partial charge in [-0.15, -0.1) is 0 Å². The zero-order valence-electron chi connectivity index (χ0n) is 17.9. The largest absolute Gasteiger partial charge is 0.463 e. The Labute approximate surface area is 182 Å². The Morgan fingerprint density at radius 1 is 1.06 bits per heavy atom. The van der Waals surface area contributed by atoms with Crippen LogP contribution in [0.25, 0.3) is 0 Å². The molecule has 3 unspecified atom stereocenters. The van der Waals surface area contributed by atoms with E-state index in [0.717, 1.165) is 5.56 Å². The Morgan fingerprint density at radius 3 is 2.39 bits per heavy atom. The van der Waals surface area contributed by atoms with Gasteiger partial charge in [-0.25, -0.2) is 0 Å². The first-order chi connectivity index (χ1) is 15.1. The number of nitrogens with one attached hydrogen (secondary N) is 1. The fourth-order valence-electron chi connectivity index (χ4n) is 3.54. The molecule has 7 nitrogen and oxygen atoms in total. The second-order valence-electron chi connectivity index (χ2n) is 7.43. The zero-order chi connectivity index (χ0) is 22.1. The molecule has 0 aromatic heterocycles. The topological polar surface area (TPSA) is 83.1 Å². The Balaban J connectivity index is 1.68. The van der Waals surface area contributed by atoms with Gasteiger partial charge in [-0.05, 0) is 5.56 Å². The number of hydrogen-bond donors (Lipinski definition) is 1. The first-order valence-corrected chi connectivity index (χ1v) is 10.4. The van der Waals surface area contributed by atoms with E-state index in [-0.39, 0.29) is 43.2 Å². The van der Waals surface area contributed by atoms with E-state index in [1.54, 1.807) is 19.2 Å². The lowest BCUT2D eigenvalue weighted by molar-refractivity contribution is -0.237. The van der Waals surface area contributed by atoms with E-state index in [4.69, 9.17) is 18.9 Å². The smallest absolute Gasteiger partial charge is 0.302 e. The van der Waals surface area contributed by atoms with E-state index >= 15 is 0 Å². The van der Waals surface area contributed by atoms with Gasteiger partial charge in [0.2, 0.25) is 0 Å². The minimum atomic E-state index is -0.654. The number of Topliss-reactive ketones (excluding diaryl/α,β-unsaturated/α-hetero) is 1. The summed E-state index contributed by atoms with van der Waals surface area (Å²) in [6, 6.07) is 18.6. The molecule has 0 aliphatic carbocycles. The third-order valence-corrected chi connectivity index (χ3v) is 5.12. The van der Waals surface area contributed by atoms with Gasteiger partial charge in [-0.2, -0.15) is 0 Å². The first kappa shape index (κ1) is 23.1. The Kier molecular flexibility index (Phi) is 8.73. The highest BCUT2D eigenvalue weighted by Gasteiger charge is 2.40. The van der Waals surface area contributed by atoms with Crippen LogP contribution < -0.4 is 5.32 Å². The SMILES string of the molecule is CO[C@H]1OC(COC(C)=O)CC(OCc2ccccc2)C1NCC(=O)c1ccccc1. The highest BCUT2D eigenvalue weighted by Crippen LogP contribution is 2.25. The van der Waals surface area contributed by atoms with Gasteiger partial charge in [0.1, 0.15) is 6.61 Å². The number of carbonyl (C=O) groups is 2. The number of benzene rings is 2. The van der Waals surface area contributed by atoms with Crippen LogP contribution in [0.5, 0.6) is 0 Å². The van der Waals surface area contributed by atoms with Gasteiger partial charge in [0.15, 0.2) is 12.1 Å². The second-order valence-corrected chi connectivity index (χ2v) is 7.43. The van der Waals surface area contributed by atoms with Crippen molar-refractivity contribution < 1.29 is 28.5 Å². The van der Waals surface area contributed by atoms with E-state index in [1.807, 2.05) is 48.5 Å². The van der Waals surface area contributed by atoms with Crippen LogP contribution in [-0.4, -0.2) is 56.6 Å². The molecule has 0 spiro atoms. The van der Waals surface area contributed by atoms with E-state index in [0.29, 0.717) is 18.6 Å². The quantitative estimate of drug-likeness (QED) is 0.461. The summed E-state index contributed by atoms with van der Waals surface area (Å²) >= 11 is 0. The van der Waals surface area contributed by atoms with Crippen LogP contribution >= 0.6 is 0 Å². The molecule has 1 heterocycles. The van der Waals surface area contributed by atoms with E-state index in [9.17, 15) is 9.59 Å². The van der Waals surface area contributed by atoms with Crippen molar-refractivity contribution in [2.45, 2.75) is 44.5 Å². The van der Waals surface area contributed by atoms with E-state index < -0.39 is 6.29 Å². The maximum atomic E-state index is 12.6. The third-order valence-electron chi connectivity index (χ3n) is 5.12. The minimum Gasteiger partial charge on any atom is -0.463 e. The average Bonchev–Trinajstić information content (AvgIpc) is 2.81. The molecule has 0 radical (unpaired) electrons. The number of rotatable bonds is 10. The summed E-state index contributed by atoms with van der Waals surface area (Å²) in [6.07, 6.45) is -0.823. The highest BCUT2D eigenvalue weighted by molar-refractivity contribution is 5.97. The van der Waals surface area contributed by atoms with Crippen LogP contribution in [0.15, 0.2) is 60.7 Å². The summed E-state index contributed by atoms with van der Waals surface area (Å²) in [5.41, 5.74) is 1.67. The number of hydrogen-bond acceptors (Lipinski definition) is 7. The molecule has 166 valence electrons. The van der Waals surface area contributed by atoms with Crippen LogP contribution in [0, 0.1) is 0 Å². The molecule has 1 aliphatic heterocycles. The summed E-state index contributed by atoms with van der Waals surface area (Å²) < 4.78 is 22.9. The van der Waals surface area contributed by atoms with E-state index in [1.165, 1.54) is 6.92 Å². The summed E-state index contributed by atoms with van der Waals surface area (Å²) in [5.74, 6) is -0.396. The molecule has 7 heteroatoms. The van der Waals surface area contributed by atoms with Gasteiger partial charge in [0, 0.05) is 26.0 Å². The molecule has 0 bridgehead atoms. The van der Waals surface area contributed by atoms with Crippen molar-refractivity contribution in [2.75, 3.05) is 20.3 Å². The van der Waals surface area contributed by atoms with Gasteiger partial charge in [0.05, 0.1) is 31.4 Å². The Hall–Kier alpha value is -2.58. The number of esters is 1. The number of ketones is 1. The van der Waals surface area contributed by atoms with Crippen molar-refractivity contribution >= 4 is 11.8 Å². The van der Waals surface area contributed by atoms with Crippen LogP contribution in [-0.2, 0) is 30.3 Å². The van der Waals surface area contributed by atoms with Crippen molar-refractivity contribution in [2.24, 2.45) is 0 Å². The monoisotopic (exact) mass is 427 g/mol. The maximum Gasteiger partial charge on any atom is 0.302 e. The molecular weight excluding hydrogens is 398 g/mol. The molecule has 0 amide bonds.